The number of carbonyl (C=O) groups is 2. The number of cyclic esters (lactones) is 2. The van der Waals surface area contributed by atoms with Crippen LogP contribution in [0.15, 0.2) is 34.1 Å². The molecule has 2 unspecified atom stereocenters. The Morgan fingerprint density at radius 3 is 1.59 bits per heavy atom. The summed E-state index contributed by atoms with van der Waals surface area (Å²) in [6.07, 6.45) is 0.0391. The Balaban J connectivity index is 1.42. The van der Waals surface area contributed by atoms with Gasteiger partial charge in [0, 0.05) is 32.8 Å². The van der Waals surface area contributed by atoms with Gasteiger partial charge < -0.3 is 9.47 Å². The lowest BCUT2D eigenvalue weighted by atomic mass is 10.4. The number of hydrogen-bond acceptors (Lipinski definition) is 8. The van der Waals surface area contributed by atoms with Gasteiger partial charge in [0.1, 0.15) is 12.2 Å². The van der Waals surface area contributed by atoms with Gasteiger partial charge in [-0.15, -0.1) is 23.5 Å². The molecule has 0 amide bonds. The number of benzene rings is 1. The lowest BCUT2D eigenvalue weighted by Crippen LogP contribution is -2.12. The standard InChI is InChI=1S/C14H14O4S4/c15-13-17-9(7-21-13)5-19-11-1-2-12(4-3-11)20-6-10-8-22-14(16)18-10/h1-4,9-10H,5-8H2. The van der Waals surface area contributed by atoms with E-state index in [9.17, 15) is 9.59 Å². The van der Waals surface area contributed by atoms with E-state index in [4.69, 9.17) is 9.47 Å². The Kier molecular flexibility index (Phi) is 5.89. The zero-order chi connectivity index (χ0) is 15.4. The van der Waals surface area contributed by atoms with Crippen LogP contribution in [0.3, 0.4) is 0 Å². The Hall–Kier alpha value is -0.440. The first-order valence-corrected chi connectivity index (χ1v) is 10.7. The van der Waals surface area contributed by atoms with Gasteiger partial charge in [0.2, 0.25) is 0 Å². The van der Waals surface area contributed by atoms with Crippen molar-refractivity contribution in [3.63, 3.8) is 0 Å². The van der Waals surface area contributed by atoms with E-state index >= 15 is 0 Å². The maximum absolute atomic E-state index is 11.0. The lowest BCUT2D eigenvalue weighted by Gasteiger charge is -2.09. The minimum atomic E-state index is -0.164. The van der Waals surface area contributed by atoms with Crippen LogP contribution in [0.2, 0.25) is 0 Å². The van der Waals surface area contributed by atoms with Gasteiger partial charge in [-0.25, -0.2) is 9.59 Å². The molecular formula is C14H14O4S4. The minimum Gasteiger partial charge on any atom is -0.452 e. The second-order valence-electron chi connectivity index (χ2n) is 4.70. The molecule has 2 heterocycles. The molecule has 1 aromatic rings. The fourth-order valence-corrected chi connectivity index (χ4v) is 5.41. The zero-order valence-corrected chi connectivity index (χ0v) is 14.8. The Morgan fingerprint density at radius 2 is 1.27 bits per heavy atom. The highest BCUT2D eigenvalue weighted by Crippen LogP contribution is 2.29. The van der Waals surface area contributed by atoms with Gasteiger partial charge in [-0.1, -0.05) is 0 Å². The molecule has 0 radical (unpaired) electrons. The topological polar surface area (TPSA) is 52.6 Å². The van der Waals surface area contributed by atoms with Crippen molar-refractivity contribution in [2.75, 3.05) is 23.0 Å². The first kappa shape index (κ1) is 16.4. The van der Waals surface area contributed by atoms with Crippen molar-refractivity contribution >= 4 is 57.7 Å². The van der Waals surface area contributed by atoms with Crippen LogP contribution in [-0.4, -0.2) is 45.8 Å². The molecule has 0 aliphatic carbocycles. The fourth-order valence-electron chi connectivity index (χ4n) is 1.90. The SMILES string of the molecule is O=C1OC(CSc2ccc(SCC3CSC(=O)O3)cc2)CS1. The summed E-state index contributed by atoms with van der Waals surface area (Å²) in [6, 6.07) is 8.30. The van der Waals surface area contributed by atoms with E-state index in [0.717, 1.165) is 23.0 Å². The van der Waals surface area contributed by atoms with Crippen LogP contribution < -0.4 is 0 Å². The second-order valence-corrected chi connectivity index (χ2v) is 8.79. The van der Waals surface area contributed by atoms with Crippen molar-refractivity contribution in [2.24, 2.45) is 0 Å². The first-order valence-electron chi connectivity index (χ1n) is 6.71. The monoisotopic (exact) mass is 374 g/mol. The quantitative estimate of drug-likeness (QED) is 0.537. The molecule has 8 heteroatoms. The maximum atomic E-state index is 11.0. The van der Waals surface area contributed by atoms with Crippen LogP contribution in [0.1, 0.15) is 0 Å². The molecule has 0 N–H and O–H groups in total. The molecule has 22 heavy (non-hydrogen) atoms. The molecule has 3 rings (SSSR count). The third-order valence-electron chi connectivity index (χ3n) is 3.00. The molecular weight excluding hydrogens is 360 g/mol. The summed E-state index contributed by atoms with van der Waals surface area (Å²) >= 11 is 5.89. The highest BCUT2D eigenvalue weighted by atomic mass is 32.2. The highest BCUT2D eigenvalue weighted by molar-refractivity contribution is 8.13. The predicted octanol–water partition coefficient (Wildman–Crippen LogP) is 4.37. The normalized spacial score (nSPS) is 24.4. The van der Waals surface area contributed by atoms with Gasteiger partial charge in [-0.3, -0.25) is 0 Å². The molecule has 2 fully saturated rings. The zero-order valence-electron chi connectivity index (χ0n) is 11.6. The smallest absolute Gasteiger partial charge is 0.367 e. The number of thioether (sulfide) groups is 4. The van der Waals surface area contributed by atoms with Crippen molar-refractivity contribution in [3.8, 4) is 0 Å². The van der Waals surface area contributed by atoms with Gasteiger partial charge in [-0.2, -0.15) is 0 Å². The van der Waals surface area contributed by atoms with Gasteiger partial charge in [0.15, 0.2) is 0 Å². The molecule has 0 bridgehead atoms. The van der Waals surface area contributed by atoms with E-state index in [2.05, 4.69) is 24.3 Å². The van der Waals surface area contributed by atoms with Gasteiger partial charge in [-0.05, 0) is 47.8 Å². The van der Waals surface area contributed by atoms with E-state index in [1.54, 1.807) is 23.5 Å². The summed E-state index contributed by atoms with van der Waals surface area (Å²) in [7, 11) is 0. The fraction of sp³-hybridized carbons (Fsp3) is 0.429. The van der Waals surface area contributed by atoms with E-state index in [0.29, 0.717) is 0 Å². The average molecular weight is 375 g/mol. The van der Waals surface area contributed by atoms with Gasteiger partial charge in [0.25, 0.3) is 0 Å². The van der Waals surface area contributed by atoms with Crippen molar-refractivity contribution in [1.82, 2.24) is 0 Å². The summed E-state index contributed by atoms with van der Waals surface area (Å²) in [6.45, 7) is 0. The maximum Gasteiger partial charge on any atom is 0.367 e. The van der Waals surface area contributed by atoms with Crippen LogP contribution >= 0.6 is 47.0 Å². The molecule has 0 saturated carbocycles. The summed E-state index contributed by atoms with van der Waals surface area (Å²) in [4.78, 5) is 24.3. The number of ether oxygens (including phenoxy) is 2. The number of rotatable bonds is 6. The molecule has 1 aromatic carbocycles. The average Bonchev–Trinajstić information content (AvgIpc) is 3.12. The molecule has 4 nitrogen and oxygen atoms in total. The van der Waals surface area contributed by atoms with Crippen LogP contribution in [0.4, 0.5) is 9.59 Å². The molecule has 118 valence electrons. The van der Waals surface area contributed by atoms with Crippen LogP contribution in [-0.2, 0) is 9.47 Å². The second kappa shape index (κ2) is 7.90. The molecule has 2 saturated heterocycles. The van der Waals surface area contributed by atoms with Gasteiger partial charge in [0.05, 0.1) is 0 Å². The molecule has 2 aliphatic heterocycles. The minimum absolute atomic E-state index is 0.0195. The van der Waals surface area contributed by atoms with Crippen LogP contribution in [0, 0.1) is 0 Å². The summed E-state index contributed by atoms with van der Waals surface area (Å²) in [5, 5.41) is -0.328. The van der Waals surface area contributed by atoms with Crippen LogP contribution in [0.25, 0.3) is 0 Å². The Bertz CT molecular complexity index is 499. The van der Waals surface area contributed by atoms with E-state index in [1.165, 1.54) is 33.3 Å². The summed E-state index contributed by atoms with van der Waals surface area (Å²) < 4.78 is 10.3. The molecule has 2 atom stereocenters. The number of hydrogen-bond donors (Lipinski definition) is 0. The van der Waals surface area contributed by atoms with Crippen molar-refractivity contribution in [2.45, 2.75) is 22.0 Å². The largest absolute Gasteiger partial charge is 0.452 e. The third-order valence-corrected chi connectivity index (χ3v) is 7.02. The Morgan fingerprint density at radius 1 is 0.864 bits per heavy atom. The molecule has 0 spiro atoms. The van der Waals surface area contributed by atoms with E-state index in [-0.39, 0.29) is 22.8 Å². The molecule has 2 aliphatic rings. The van der Waals surface area contributed by atoms with Gasteiger partial charge >= 0.3 is 10.6 Å². The van der Waals surface area contributed by atoms with E-state index in [1.807, 2.05) is 0 Å². The number of carbonyl (C=O) groups excluding carboxylic acids is 2. The van der Waals surface area contributed by atoms with Crippen molar-refractivity contribution in [3.05, 3.63) is 24.3 Å². The summed E-state index contributed by atoms with van der Waals surface area (Å²) in [5.74, 6) is 3.08. The third kappa shape index (κ3) is 4.78. The first-order chi connectivity index (χ1) is 10.7. The Labute approximate surface area is 145 Å². The highest BCUT2D eigenvalue weighted by Gasteiger charge is 2.25. The lowest BCUT2D eigenvalue weighted by molar-refractivity contribution is 0.154. The van der Waals surface area contributed by atoms with E-state index < -0.39 is 0 Å². The predicted molar refractivity (Wildman–Crippen MR) is 93.3 cm³/mol. The summed E-state index contributed by atoms with van der Waals surface area (Å²) in [5.41, 5.74) is 0. The molecule has 0 aromatic heterocycles. The van der Waals surface area contributed by atoms with Crippen LogP contribution in [0.5, 0.6) is 0 Å². The van der Waals surface area contributed by atoms with Crippen molar-refractivity contribution < 1.29 is 19.1 Å². The van der Waals surface area contributed by atoms with Crippen molar-refractivity contribution in [1.29, 1.82) is 0 Å².